The van der Waals surface area contributed by atoms with Crippen molar-refractivity contribution in [2.45, 2.75) is 25.3 Å². The van der Waals surface area contributed by atoms with Crippen molar-refractivity contribution in [2.75, 3.05) is 19.6 Å². The minimum Gasteiger partial charge on any atom is -0.345 e. The SMILES string of the molecule is CCCN1CCC(C=O)(NC=O)C1. The van der Waals surface area contributed by atoms with Gasteiger partial charge < -0.3 is 15.0 Å². The highest BCUT2D eigenvalue weighted by Crippen LogP contribution is 2.18. The second-order valence-electron chi connectivity index (χ2n) is 3.56. The Hall–Kier alpha value is -0.900. The summed E-state index contributed by atoms with van der Waals surface area (Å²) in [6.45, 7) is 4.65. The normalized spacial score (nSPS) is 28.7. The Kier molecular flexibility index (Phi) is 3.42. The van der Waals surface area contributed by atoms with E-state index < -0.39 is 5.54 Å². The van der Waals surface area contributed by atoms with Crippen molar-refractivity contribution < 1.29 is 9.59 Å². The number of likely N-dealkylation sites (tertiary alicyclic amines) is 1. The van der Waals surface area contributed by atoms with Crippen molar-refractivity contribution in [2.24, 2.45) is 0 Å². The Bertz CT molecular complexity index is 196. The van der Waals surface area contributed by atoms with E-state index in [0.717, 1.165) is 32.2 Å². The van der Waals surface area contributed by atoms with Gasteiger partial charge in [0.05, 0.1) is 0 Å². The van der Waals surface area contributed by atoms with Gasteiger partial charge in [0, 0.05) is 13.1 Å². The molecule has 1 fully saturated rings. The van der Waals surface area contributed by atoms with Crippen LogP contribution in [0.2, 0.25) is 0 Å². The molecule has 1 saturated heterocycles. The molecule has 1 aliphatic rings. The van der Waals surface area contributed by atoms with Gasteiger partial charge in [-0.25, -0.2) is 0 Å². The van der Waals surface area contributed by atoms with E-state index >= 15 is 0 Å². The molecular formula is C9H16N2O2. The van der Waals surface area contributed by atoms with E-state index in [-0.39, 0.29) is 0 Å². The quantitative estimate of drug-likeness (QED) is 0.601. The van der Waals surface area contributed by atoms with Crippen molar-refractivity contribution in [3.05, 3.63) is 0 Å². The van der Waals surface area contributed by atoms with E-state index in [1.807, 2.05) is 0 Å². The van der Waals surface area contributed by atoms with Crippen LogP contribution in [0.15, 0.2) is 0 Å². The Morgan fingerprint density at radius 1 is 1.54 bits per heavy atom. The maximum absolute atomic E-state index is 10.8. The van der Waals surface area contributed by atoms with E-state index in [1.165, 1.54) is 0 Å². The molecule has 74 valence electrons. The summed E-state index contributed by atoms with van der Waals surface area (Å²) in [7, 11) is 0. The molecule has 13 heavy (non-hydrogen) atoms. The zero-order valence-corrected chi connectivity index (χ0v) is 7.95. The molecule has 0 saturated carbocycles. The summed E-state index contributed by atoms with van der Waals surface area (Å²) in [5.41, 5.74) is -0.614. The van der Waals surface area contributed by atoms with Gasteiger partial charge in [-0.15, -0.1) is 0 Å². The molecule has 1 rings (SSSR count). The molecule has 0 bridgehead atoms. The average Bonchev–Trinajstić information content (AvgIpc) is 2.51. The molecule has 0 aliphatic carbocycles. The zero-order valence-electron chi connectivity index (χ0n) is 7.95. The van der Waals surface area contributed by atoms with Gasteiger partial charge in [-0.05, 0) is 19.4 Å². The first kappa shape index (κ1) is 10.2. The smallest absolute Gasteiger partial charge is 0.207 e. The minimum absolute atomic E-state index is 0.614. The number of carbonyl (C=O) groups is 2. The zero-order chi connectivity index (χ0) is 9.73. The third-order valence-corrected chi connectivity index (χ3v) is 2.49. The molecule has 1 aliphatic heterocycles. The molecule has 1 unspecified atom stereocenters. The van der Waals surface area contributed by atoms with Gasteiger partial charge in [-0.2, -0.15) is 0 Å². The van der Waals surface area contributed by atoms with Gasteiger partial charge in [0.15, 0.2) is 0 Å². The largest absolute Gasteiger partial charge is 0.345 e. The maximum atomic E-state index is 10.8. The highest BCUT2D eigenvalue weighted by atomic mass is 16.1. The standard InChI is InChI=1S/C9H16N2O2/c1-2-4-11-5-3-9(6-11,7-12)10-8-13/h7-8H,2-6H2,1H3,(H,10,13). The number of hydrogen-bond donors (Lipinski definition) is 1. The highest BCUT2D eigenvalue weighted by molar-refractivity contribution is 5.70. The third-order valence-electron chi connectivity index (χ3n) is 2.49. The summed E-state index contributed by atoms with van der Waals surface area (Å²) >= 11 is 0. The second-order valence-corrected chi connectivity index (χ2v) is 3.56. The van der Waals surface area contributed by atoms with E-state index in [2.05, 4.69) is 17.1 Å². The number of rotatable bonds is 5. The van der Waals surface area contributed by atoms with E-state index in [0.29, 0.717) is 13.0 Å². The molecule has 1 amide bonds. The number of nitrogens with one attached hydrogen (secondary N) is 1. The summed E-state index contributed by atoms with van der Waals surface area (Å²) in [6, 6.07) is 0. The number of amides is 1. The molecule has 4 heteroatoms. The number of aldehydes is 1. The molecule has 1 atom stereocenters. The Labute approximate surface area is 78.3 Å². The predicted octanol–water partition coefficient (Wildman–Crippen LogP) is -0.214. The second kappa shape index (κ2) is 4.37. The topological polar surface area (TPSA) is 49.4 Å². The Morgan fingerprint density at radius 2 is 2.31 bits per heavy atom. The molecule has 0 aromatic carbocycles. The fraction of sp³-hybridized carbons (Fsp3) is 0.778. The van der Waals surface area contributed by atoms with Crippen LogP contribution in [0.4, 0.5) is 0 Å². The monoisotopic (exact) mass is 184 g/mol. The van der Waals surface area contributed by atoms with Crippen LogP contribution < -0.4 is 5.32 Å². The highest BCUT2D eigenvalue weighted by Gasteiger charge is 2.36. The van der Waals surface area contributed by atoms with Crippen LogP contribution in [-0.2, 0) is 9.59 Å². The number of hydrogen-bond acceptors (Lipinski definition) is 3. The first-order chi connectivity index (χ1) is 6.26. The van der Waals surface area contributed by atoms with Crippen molar-refractivity contribution in [1.82, 2.24) is 10.2 Å². The maximum Gasteiger partial charge on any atom is 0.207 e. The lowest BCUT2D eigenvalue weighted by Gasteiger charge is -2.21. The van der Waals surface area contributed by atoms with Gasteiger partial charge in [0.1, 0.15) is 11.8 Å². The summed E-state index contributed by atoms with van der Waals surface area (Å²) in [5.74, 6) is 0. The van der Waals surface area contributed by atoms with Crippen LogP contribution in [0.5, 0.6) is 0 Å². The average molecular weight is 184 g/mol. The van der Waals surface area contributed by atoms with Crippen molar-refractivity contribution in [3.63, 3.8) is 0 Å². The van der Waals surface area contributed by atoms with Crippen molar-refractivity contribution >= 4 is 12.7 Å². The summed E-state index contributed by atoms with van der Waals surface area (Å²) in [6.07, 6.45) is 3.28. The summed E-state index contributed by atoms with van der Waals surface area (Å²) in [4.78, 5) is 23.3. The van der Waals surface area contributed by atoms with Crippen LogP contribution >= 0.6 is 0 Å². The summed E-state index contributed by atoms with van der Waals surface area (Å²) in [5, 5.41) is 2.61. The molecule has 0 aromatic rings. The van der Waals surface area contributed by atoms with Gasteiger partial charge >= 0.3 is 0 Å². The van der Waals surface area contributed by atoms with E-state index in [4.69, 9.17) is 0 Å². The summed E-state index contributed by atoms with van der Waals surface area (Å²) < 4.78 is 0. The first-order valence-corrected chi connectivity index (χ1v) is 4.66. The fourth-order valence-electron chi connectivity index (χ4n) is 1.79. The molecule has 0 spiro atoms. The lowest BCUT2D eigenvalue weighted by atomic mass is 10.0. The van der Waals surface area contributed by atoms with Crippen LogP contribution in [0.25, 0.3) is 0 Å². The van der Waals surface area contributed by atoms with Gasteiger partial charge in [-0.3, -0.25) is 4.79 Å². The van der Waals surface area contributed by atoms with Gasteiger partial charge in [-0.1, -0.05) is 6.92 Å². The lowest BCUT2D eigenvalue weighted by molar-refractivity contribution is -0.118. The van der Waals surface area contributed by atoms with E-state index in [1.54, 1.807) is 0 Å². The molecule has 0 aromatic heterocycles. The molecular weight excluding hydrogens is 168 g/mol. The number of nitrogens with zero attached hydrogens (tertiary/aromatic N) is 1. The Balaban J connectivity index is 2.51. The molecule has 1 N–H and O–H groups in total. The van der Waals surface area contributed by atoms with Crippen LogP contribution in [0.3, 0.4) is 0 Å². The minimum atomic E-state index is -0.614. The lowest BCUT2D eigenvalue weighted by Crippen LogP contribution is -2.48. The van der Waals surface area contributed by atoms with Crippen LogP contribution in [0.1, 0.15) is 19.8 Å². The van der Waals surface area contributed by atoms with Gasteiger partial charge in [0.25, 0.3) is 0 Å². The van der Waals surface area contributed by atoms with E-state index in [9.17, 15) is 9.59 Å². The first-order valence-electron chi connectivity index (χ1n) is 4.66. The van der Waals surface area contributed by atoms with Crippen molar-refractivity contribution in [1.29, 1.82) is 0 Å². The molecule has 4 nitrogen and oxygen atoms in total. The predicted molar refractivity (Wildman–Crippen MR) is 49.3 cm³/mol. The third kappa shape index (κ3) is 2.28. The molecule has 0 radical (unpaired) electrons. The fourth-order valence-corrected chi connectivity index (χ4v) is 1.79. The van der Waals surface area contributed by atoms with Gasteiger partial charge in [0.2, 0.25) is 6.41 Å². The van der Waals surface area contributed by atoms with Crippen LogP contribution in [-0.4, -0.2) is 42.8 Å². The van der Waals surface area contributed by atoms with Crippen molar-refractivity contribution in [3.8, 4) is 0 Å². The Morgan fingerprint density at radius 3 is 2.85 bits per heavy atom. The molecule has 1 heterocycles. The number of carbonyl (C=O) groups excluding carboxylic acids is 2. The van der Waals surface area contributed by atoms with Crippen LogP contribution in [0, 0.1) is 0 Å².